The Balaban J connectivity index is 1.95. The van der Waals surface area contributed by atoms with E-state index in [1.807, 2.05) is 26.0 Å². The van der Waals surface area contributed by atoms with E-state index in [0.29, 0.717) is 5.75 Å². The first-order chi connectivity index (χ1) is 9.37. The molecule has 1 aromatic rings. The zero-order chi connectivity index (χ0) is 14.8. The van der Waals surface area contributed by atoms with Crippen LogP contribution < -0.4 is 14.8 Å². The summed E-state index contributed by atoms with van der Waals surface area (Å²) in [5.41, 5.74) is 0.855. The summed E-state index contributed by atoms with van der Waals surface area (Å²) in [5.74, 6) is 1.04. The Morgan fingerprint density at radius 2 is 2.30 bits per heavy atom. The molecule has 5 nitrogen and oxygen atoms in total. The Labute approximate surface area is 118 Å². The molecule has 0 aromatic heterocycles. The van der Waals surface area contributed by atoms with E-state index < -0.39 is 6.10 Å². The van der Waals surface area contributed by atoms with Crippen LogP contribution in [0.25, 0.3) is 0 Å². The number of aliphatic hydroxyl groups is 1. The minimum absolute atomic E-state index is 0.0903. The normalized spacial score (nSPS) is 17.0. The van der Waals surface area contributed by atoms with E-state index in [4.69, 9.17) is 14.6 Å². The third-order valence-corrected chi connectivity index (χ3v) is 3.01. The van der Waals surface area contributed by atoms with Crippen LogP contribution in [0.3, 0.4) is 0 Å². The van der Waals surface area contributed by atoms with E-state index in [2.05, 4.69) is 5.32 Å². The first-order valence-corrected chi connectivity index (χ1v) is 6.76. The highest BCUT2D eigenvalue weighted by atomic mass is 16.5. The van der Waals surface area contributed by atoms with Gasteiger partial charge in [0.25, 0.3) is 5.91 Å². The zero-order valence-electron chi connectivity index (χ0n) is 12.1. The van der Waals surface area contributed by atoms with Crippen LogP contribution in [0.5, 0.6) is 11.5 Å². The fraction of sp³-hybridized carbons (Fsp3) is 0.533. The predicted octanol–water partition coefficient (Wildman–Crippen LogP) is 1.28. The molecule has 0 saturated heterocycles. The van der Waals surface area contributed by atoms with Crippen LogP contribution in [0.2, 0.25) is 0 Å². The van der Waals surface area contributed by atoms with Gasteiger partial charge in [0.1, 0.15) is 5.60 Å². The lowest BCUT2D eigenvalue weighted by molar-refractivity contribution is -0.123. The number of carbonyl (C=O) groups excluding carboxylic acids is 1. The van der Waals surface area contributed by atoms with E-state index in [0.717, 1.165) is 17.7 Å². The molecule has 2 rings (SSSR count). The molecule has 110 valence electrons. The summed E-state index contributed by atoms with van der Waals surface area (Å²) in [4.78, 5) is 11.6. The van der Waals surface area contributed by atoms with Gasteiger partial charge in [-0.15, -0.1) is 0 Å². The van der Waals surface area contributed by atoms with Crippen molar-refractivity contribution >= 4 is 5.91 Å². The Morgan fingerprint density at radius 1 is 1.55 bits per heavy atom. The number of fused-ring (bicyclic) bond motifs is 1. The SMILES string of the molecule is C[C@@H](O)CNC(=O)COc1cccc2c1OC(C)(C)C2. The first-order valence-electron chi connectivity index (χ1n) is 6.76. The van der Waals surface area contributed by atoms with Crippen LogP contribution in [0.15, 0.2) is 18.2 Å². The molecule has 1 aromatic carbocycles. The Bertz CT molecular complexity index is 497. The number of hydrogen-bond donors (Lipinski definition) is 2. The third-order valence-electron chi connectivity index (χ3n) is 3.01. The molecular weight excluding hydrogens is 258 g/mol. The summed E-state index contributed by atoms with van der Waals surface area (Å²) in [7, 11) is 0. The number of carbonyl (C=O) groups is 1. The Hall–Kier alpha value is -1.75. The maximum Gasteiger partial charge on any atom is 0.258 e. The van der Waals surface area contributed by atoms with E-state index in [9.17, 15) is 4.79 Å². The molecule has 2 N–H and O–H groups in total. The average molecular weight is 279 g/mol. The molecule has 20 heavy (non-hydrogen) atoms. The van der Waals surface area contributed by atoms with Crippen LogP contribution in [-0.2, 0) is 11.2 Å². The molecule has 1 amide bonds. The number of amides is 1. The molecule has 0 saturated carbocycles. The minimum Gasteiger partial charge on any atom is -0.483 e. The van der Waals surface area contributed by atoms with Gasteiger partial charge >= 0.3 is 0 Å². The van der Waals surface area contributed by atoms with Gasteiger partial charge < -0.3 is 19.9 Å². The van der Waals surface area contributed by atoms with Gasteiger partial charge in [0.05, 0.1) is 6.10 Å². The van der Waals surface area contributed by atoms with Gasteiger partial charge in [-0.2, -0.15) is 0 Å². The fourth-order valence-corrected chi connectivity index (χ4v) is 2.16. The van der Waals surface area contributed by atoms with Crippen molar-refractivity contribution in [3.8, 4) is 11.5 Å². The van der Waals surface area contributed by atoms with Crippen molar-refractivity contribution in [2.45, 2.75) is 38.9 Å². The number of aliphatic hydroxyl groups excluding tert-OH is 1. The molecule has 0 fully saturated rings. The van der Waals surface area contributed by atoms with Gasteiger partial charge in [-0.3, -0.25) is 4.79 Å². The van der Waals surface area contributed by atoms with Crippen molar-refractivity contribution in [1.29, 1.82) is 0 Å². The highest BCUT2D eigenvalue weighted by Crippen LogP contribution is 2.41. The van der Waals surface area contributed by atoms with Crippen LogP contribution in [-0.4, -0.2) is 35.9 Å². The Morgan fingerprint density at radius 3 is 3.00 bits per heavy atom. The van der Waals surface area contributed by atoms with E-state index in [1.54, 1.807) is 13.0 Å². The second-order valence-electron chi connectivity index (χ2n) is 5.72. The highest BCUT2D eigenvalue weighted by Gasteiger charge is 2.32. The van der Waals surface area contributed by atoms with Gasteiger partial charge in [-0.1, -0.05) is 12.1 Å². The average Bonchev–Trinajstić information content (AvgIpc) is 2.68. The maximum absolute atomic E-state index is 11.6. The lowest BCUT2D eigenvalue weighted by Crippen LogP contribution is -2.34. The van der Waals surface area contributed by atoms with Crippen LogP contribution in [0.4, 0.5) is 0 Å². The van der Waals surface area contributed by atoms with Crippen molar-refractivity contribution in [3.05, 3.63) is 23.8 Å². The number of para-hydroxylation sites is 1. The zero-order valence-corrected chi connectivity index (χ0v) is 12.1. The molecular formula is C15H21NO4. The number of ether oxygens (including phenoxy) is 2. The molecule has 1 aliphatic heterocycles. The predicted molar refractivity (Wildman–Crippen MR) is 75.0 cm³/mol. The molecule has 0 spiro atoms. The second-order valence-corrected chi connectivity index (χ2v) is 5.72. The fourth-order valence-electron chi connectivity index (χ4n) is 2.16. The van der Waals surface area contributed by atoms with Crippen LogP contribution in [0, 0.1) is 0 Å². The summed E-state index contributed by atoms with van der Waals surface area (Å²) < 4.78 is 11.4. The molecule has 0 unspecified atom stereocenters. The van der Waals surface area contributed by atoms with Gasteiger partial charge in [0, 0.05) is 18.5 Å². The van der Waals surface area contributed by atoms with Crippen LogP contribution >= 0.6 is 0 Å². The molecule has 1 atom stereocenters. The number of benzene rings is 1. The lowest BCUT2D eigenvalue weighted by atomic mass is 10.0. The van der Waals surface area contributed by atoms with Crippen molar-refractivity contribution in [2.24, 2.45) is 0 Å². The largest absolute Gasteiger partial charge is 0.483 e. The van der Waals surface area contributed by atoms with Crippen LogP contribution in [0.1, 0.15) is 26.3 Å². The highest BCUT2D eigenvalue weighted by molar-refractivity contribution is 5.77. The monoisotopic (exact) mass is 279 g/mol. The third kappa shape index (κ3) is 3.63. The van der Waals surface area contributed by atoms with E-state index in [1.165, 1.54) is 0 Å². The number of nitrogens with one attached hydrogen (secondary N) is 1. The standard InChI is InChI=1S/C15H21NO4/c1-10(17)8-16-13(18)9-19-12-6-4-5-11-7-15(2,3)20-14(11)12/h4-6,10,17H,7-9H2,1-3H3,(H,16,18)/t10-/m1/s1. The molecule has 0 aliphatic carbocycles. The van der Waals surface area contributed by atoms with Crippen molar-refractivity contribution in [1.82, 2.24) is 5.32 Å². The summed E-state index contributed by atoms with van der Waals surface area (Å²) in [5, 5.41) is 11.7. The Kier molecular flexibility index (Phi) is 4.18. The first kappa shape index (κ1) is 14.7. The summed E-state index contributed by atoms with van der Waals surface area (Å²) >= 11 is 0. The quantitative estimate of drug-likeness (QED) is 0.852. The van der Waals surface area contributed by atoms with Crippen molar-refractivity contribution < 1.29 is 19.4 Å². The minimum atomic E-state index is -0.566. The van der Waals surface area contributed by atoms with Gasteiger partial charge in [-0.05, 0) is 26.8 Å². The second kappa shape index (κ2) is 5.71. The van der Waals surface area contributed by atoms with Gasteiger partial charge in [0.2, 0.25) is 0 Å². The number of hydrogen-bond acceptors (Lipinski definition) is 4. The van der Waals surface area contributed by atoms with Gasteiger partial charge in [0.15, 0.2) is 18.1 Å². The molecule has 1 heterocycles. The number of rotatable bonds is 5. The molecule has 1 aliphatic rings. The van der Waals surface area contributed by atoms with Gasteiger partial charge in [-0.25, -0.2) is 0 Å². The summed E-state index contributed by atoms with van der Waals surface area (Å²) in [6, 6.07) is 5.69. The summed E-state index contributed by atoms with van der Waals surface area (Å²) in [6.07, 6.45) is 0.261. The van der Waals surface area contributed by atoms with E-state index in [-0.39, 0.29) is 24.7 Å². The molecule has 0 radical (unpaired) electrons. The maximum atomic E-state index is 11.6. The smallest absolute Gasteiger partial charge is 0.258 e. The summed E-state index contributed by atoms with van der Waals surface area (Å²) in [6.45, 7) is 5.78. The van der Waals surface area contributed by atoms with E-state index >= 15 is 0 Å². The lowest BCUT2D eigenvalue weighted by Gasteiger charge is -2.18. The van der Waals surface area contributed by atoms with Crippen molar-refractivity contribution in [2.75, 3.05) is 13.2 Å². The molecule has 5 heteroatoms. The topological polar surface area (TPSA) is 67.8 Å². The molecule has 0 bridgehead atoms. The van der Waals surface area contributed by atoms with Crippen molar-refractivity contribution in [3.63, 3.8) is 0 Å².